The zero-order valence-corrected chi connectivity index (χ0v) is 23.1. The summed E-state index contributed by atoms with van der Waals surface area (Å²) in [6.07, 6.45) is 15.0. The highest BCUT2D eigenvalue weighted by Gasteiger charge is 2.19. The van der Waals surface area contributed by atoms with Crippen molar-refractivity contribution >= 4 is 33.5 Å². The Morgan fingerprint density at radius 3 is 2.67 bits per heavy atom. The van der Waals surface area contributed by atoms with E-state index < -0.39 is 0 Å². The Balaban J connectivity index is 1.20. The van der Waals surface area contributed by atoms with Gasteiger partial charge in [0.15, 0.2) is 5.82 Å². The highest BCUT2D eigenvalue weighted by atomic mass is 19.1. The Kier molecular flexibility index (Phi) is 6.65. The van der Waals surface area contributed by atoms with Crippen molar-refractivity contribution in [1.29, 1.82) is 0 Å². The van der Waals surface area contributed by atoms with Crippen LogP contribution in [0.5, 0.6) is 0 Å². The Bertz CT molecular complexity index is 1920. The van der Waals surface area contributed by atoms with Gasteiger partial charge in [-0.25, -0.2) is 9.37 Å². The van der Waals surface area contributed by atoms with Crippen LogP contribution in [0.25, 0.3) is 55.8 Å². The Morgan fingerprint density at radius 2 is 1.81 bits per heavy atom. The average molecular weight is 561 g/mol. The van der Waals surface area contributed by atoms with Crippen molar-refractivity contribution in [2.24, 2.45) is 5.92 Å². The average Bonchev–Trinajstić information content (AvgIpc) is 3.61. The number of aryl methyl sites for hydroxylation is 1. The molecule has 10 heteroatoms. The highest BCUT2D eigenvalue weighted by Crippen LogP contribution is 2.33. The van der Waals surface area contributed by atoms with E-state index in [1.165, 1.54) is 31.4 Å². The predicted molar refractivity (Wildman–Crippen MR) is 160 cm³/mol. The molecular formula is C32H29FN8O. The molecule has 5 aromatic heterocycles. The zero-order chi connectivity index (χ0) is 28.6. The van der Waals surface area contributed by atoms with Gasteiger partial charge < -0.3 is 10.3 Å². The van der Waals surface area contributed by atoms with Gasteiger partial charge in [-0.15, -0.1) is 0 Å². The molecule has 1 amide bonds. The van der Waals surface area contributed by atoms with Crippen LogP contribution >= 0.6 is 0 Å². The molecule has 3 N–H and O–H groups in total. The number of hydrogen-bond donors (Lipinski definition) is 3. The molecule has 0 radical (unpaired) electrons. The first-order chi connectivity index (χ1) is 20.5. The highest BCUT2D eigenvalue weighted by molar-refractivity contribution is 5.97. The van der Waals surface area contributed by atoms with Gasteiger partial charge in [-0.3, -0.25) is 24.8 Å². The fourth-order valence-electron chi connectivity index (χ4n) is 5.92. The first-order valence-corrected chi connectivity index (χ1v) is 14.2. The number of nitrogens with one attached hydrogen (secondary N) is 3. The quantitative estimate of drug-likeness (QED) is 0.202. The number of amides is 1. The second kappa shape index (κ2) is 10.8. The monoisotopic (exact) mass is 560 g/mol. The number of carbonyl (C=O) groups excluding carboxylic acids is 1. The standard InChI is InChI=1S/C32H29FN8O/c1-18-7-20(10-22(33)8-18)25-15-35-16-28-30(25)39-32(38-28)31-24-12-26(36-17-27(24)40-41-31)21-11-23(14-34-13-21)37-29(42)9-19-5-3-2-4-6-19/h7-8,10-17,19H,2-6,9H2,1H3,(H,37,42)(H,38,39)(H,40,41). The second-order valence-electron chi connectivity index (χ2n) is 11.1. The van der Waals surface area contributed by atoms with E-state index in [0.717, 1.165) is 46.0 Å². The lowest BCUT2D eigenvalue weighted by atomic mass is 9.87. The minimum Gasteiger partial charge on any atom is -0.335 e. The number of hydrogen-bond acceptors (Lipinski definition) is 6. The van der Waals surface area contributed by atoms with E-state index in [9.17, 15) is 9.18 Å². The van der Waals surface area contributed by atoms with Crippen molar-refractivity contribution in [3.8, 4) is 33.9 Å². The number of fused-ring (bicyclic) bond motifs is 2. The van der Waals surface area contributed by atoms with Crippen molar-refractivity contribution < 1.29 is 9.18 Å². The van der Waals surface area contributed by atoms with Crippen LogP contribution in [0, 0.1) is 18.7 Å². The molecule has 210 valence electrons. The van der Waals surface area contributed by atoms with Gasteiger partial charge in [-0.1, -0.05) is 25.3 Å². The summed E-state index contributed by atoms with van der Waals surface area (Å²) in [6.45, 7) is 1.86. The summed E-state index contributed by atoms with van der Waals surface area (Å²) in [7, 11) is 0. The number of carbonyl (C=O) groups is 1. The smallest absolute Gasteiger partial charge is 0.224 e. The molecular weight excluding hydrogens is 531 g/mol. The topological polar surface area (TPSA) is 125 Å². The van der Waals surface area contributed by atoms with Gasteiger partial charge in [-0.05, 0) is 61.1 Å². The third kappa shape index (κ3) is 5.11. The Morgan fingerprint density at radius 1 is 0.952 bits per heavy atom. The maximum atomic E-state index is 14.2. The van der Waals surface area contributed by atoms with Crippen molar-refractivity contribution in [3.05, 3.63) is 72.7 Å². The fourth-order valence-corrected chi connectivity index (χ4v) is 5.92. The van der Waals surface area contributed by atoms with Crippen LogP contribution < -0.4 is 5.32 Å². The molecule has 1 aliphatic carbocycles. The molecule has 1 aromatic carbocycles. The predicted octanol–water partition coefficient (Wildman–Crippen LogP) is 6.98. The number of aromatic nitrogens is 7. The number of benzene rings is 1. The summed E-state index contributed by atoms with van der Waals surface area (Å²) >= 11 is 0. The second-order valence-corrected chi connectivity index (χ2v) is 11.1. The summed E-state index contributed by atoms with van der Waals surface area (Å²) in [5, 5.41) is 11.4. The molecule has 7 rings (SSSR count). The zero-order valence-electron chi connectivity index (χ0n) is 23.1. The minimum atomic E-state index is -0.307. The number of aromatic amines is 2. The largest absolute Gasteiger partial charge is 0.335 e. The SMILES string of the molecule is Cc1cc(F)cc(-c2cncc3[nH]c(-c4n[nH]c5cnc(-c6cncc(NC(=O)CC7CCCCC7)c6)cc45)nc23)c1. The Labute approximate surface area is 241 Å². The van der Waals surface area contributed by atoms with Crippen molar-refractivity contribution in [1.82, 2.24) is 35.1 Å². The van der Waals surface area contributed by atoms with Gasteiger partial charge in [0.05, 0.1) is 46.5 Å². The first kappa shape index (κ1) is 25.9. The molecule has 0 saturated heterocycles. The van der Waals surface area contributed by atoms with E-state index in [1.807, 2.05) is 25.1 Å². The van der Waals surface area contributed by atoms with E-state index in [-0.39, 0.29) is 11.7 Å². The van der Waals surface area contributed by atoms with E-state index in [1.54, 1.807) is 31.0 Å². The van der Waals surface area contributed by atoms with E-state index in [0.29, 0.717) is 46.3 Å². The first-order valence-electron chi connectivity index (χ1n) is 14.2. The molecule has 5 heterocycles. The van der Waals surface area contributed by atoms with Crippen LogP contribution in [-0.4, -0.2) is 41.0 Å². The number of imidazole rings is 1. The van der Waals surface area contributed by atoms with E-state index in [2.05, 4.69) is 35.5 Å². The molecule has 0 atom stereocenters. The van der Waals surface area contributed by atoms with Crippen LogP contribution in [0.1, 0.15) is 44.1 Å². The van der Waals surface area contributed by atoms with Crippen LogP contribution in [0.15, 0.2) is 61.3 Å². The van der Waals surface area contributed by atoms with Gasteiger partial charge in [0.2, 0.25) is 5.91 Å². The molecule has 0 bridgehead atoms. The number of nitrogens with zero attached hydrogens (tertiary/aromatic N) is 5. The third-order valence-corrected chi connectivity index (χ3v) is 7.94. The molecule has 1 aliphatic rings. The lowest BCUT2D eigenvalue weighted by molar-refractivity contribution is -0.117. The van der Waals surface area contributed by atoms with Gasteiger partial charge in [-0.2, -0.15) is 5.10 Å². The Hall–Kier alpha value is -4.99. The number of anilines is 1. The van der Waals surface area contributed by atoms with Gasteiger partial charge in [0, 0.05) is 35.3 Å². The minimum absolute atomic E-state index is 0.0218. The number of halogens is 1. The maximum Gasteiger partial charge on any atom is 0.224 e. The molecule has 9 nitrogen and oxygen atoms in total. The van der Waals surface area contributed by atoms with Crippen molar-refractivity contribution in [3.63, 3.8) is 0 Å². The van der Waals surface area contributed by atoms with Crippen LogP contribution in [0.3, 0.4) is 0 Å². The summed E-state index contributed by atoms with van der Waals surface area (Å²) in [6, 6.07) is 8.71. The molecule has 6 aromatic rings. The molecule has 0 spiro atoms. The van der Waals surface area contributed by atoms with Crippen molar-refractivity contribution in [2.45, 2.75) is 45.4 Å². The number of H-pyrrole nitrogens is 2. The summed E-state index contributed by atoms with van der Waals surface area (Å²) in [4.78, 5) is 34.2. The lowest BCUT2D eigenvalue weighted by Gasteiger charge is -2.20. The molecule has 0 aliphatic heterocycles. The summed E-state index contributed by atoms with van der Waals surface area (Å²) < 4.78 is 14.2. The normalized spacial score (nSPS) is 14.0. The van der Waals surface area contributed by atoms with E-state index >= 15 is 0 Å². The number of pyridine rings is 3. The molecule has 0 unspecified atom stereocenters. The van der Waals surface area contributed by atoms with Crippen LogP contribution in [0.4, 0.5) is 10.1 Å². The number of rotatable bonds is 6. The fraction of sp³-hybridized carbons (Fsp3) is 0.250. The van der Waals surface area contributed by atoms with Crippen LogP contribution in [-0.2, 0) is 4.79 Å². The third-order valence-electron chi connectivity index (χ3n) is 7.94. The van der Waals surface area contributed by atoms with Gasteiger partial charge >= 0.3 is 0 Å². The van der Waals surface area contributed by atoms with Crippen LogP contribution in [0.2, 0.25) is 0 Å². The lowest BCUT2D eigenvalue weighted by Crippen LogP contribution is -2.18. The summed E-state index contributed by atoms with van der Waals surface area (Å²) in [5.74, 6) is 0.728. The molecule has 1 fully saturated rings. The molecule has 42 heavy (non-hydrogen) atoms. The van der Waals surface area contributed by atoms with E-state index in [4.69, 9.17) is 4.98 Å². The van der Waals surface area contributed by atoms with Gasteiger partial charge in [0.1, 0.15) is 11.5 Å². The van der Waals surface area contributed by atoms with Crippen molar-refractivity contribution in [2.75, 3.05) is 5.32 Å². The van der Waals surface area contributed by atoms with Gasteiger partial charge in [0.25, 0.3) is 0 Å². The molecule has 1 saturated carbocycles. The summed E-state index contributed by atoms with van der Waals surface area (Å²) in [5.41, 5.74) is 7.13. The maximum absolute atomic E-state index is 14.2.